The van der Waals surface area contributed by atoms with Gasteiger partial charge < -0.3 is 14.8 Å². The van der Waals surface area contributed by atoms with Gasteiger partial charge in [0.2, 0.25) is 5.82 Å². The zero-order chi connectivity index (χ0) is 36.1. The largest absolute Gasteiger partial charge is 0.481 e. The van der Waals surface area contributed by atoms with Crippen molar-refractivity contribution in [1.29, 1.82) is 0 Å². The zero-order valence-corrected chi connectivity index (χ0v) is 29.2. The molecule has 0 amide bonds. The highest BCUT2D eigenvalue weighted by atomic mass is 19.2. The fourth-order valence-corrected chi connectivity index (χ4v) is 6.98. The van der Waals surface area contributed by atoms with Crippen LogP contribution in [-0.2, 0) is 35.6 Å². The van der Waals surface area contributed by atoms with Gasteiger partial charge in [-0.15, -0.1) is 5.10 Å². The Hall–Kier alpha value is -5.46. The number of aromatic nitrogens is 8. The average molecular weight is 695 g/mol. The number of halogens is 2. The lowest BCUT2D eigenvalue weighted by Gasteiger charge is -2.29. The molecule has 2 atom stereocenters. The van der Waals surface area contributed by atoms with Crippen molar-refractivity contribution in [2.24, 2.45) is 13.0 Å². The number of aromatic amines is 1. The quantitative estimate of drug-likeness (QED) is 0.194. The van der Waals surface area contributed by atoms with Crippen molar-refractivity contribution in [2.45, 2.75) is 77.2 Å². The summed E-state index contributed by atoms with van der Waals surface area (Å²) in [5.74, 6) is -2.50. The Labute approximate surface area is 293 Å². The number of nitrogens with zero attached hydrogens (tertiary/aromatic N) is 7. The van der Waals surface area contributed by atoms with Crippen LogP contribution >= 0.6 is 0 Å². The number of aliphatic carboxylic acids is 1. The van der Waals surface area contributed by atoms with Crippen molar-refractivity contribution in [2.75, 3.05) is 0 Å². The van der Waals surface area contributed by atoms with Gasteiger partial charge in [0.1, 0.15) is 11.4 Å². The van der Waals surface area contributed by atoms with Crippen LogP contribution in [0.25, 0.3) is 22.4 Å². The maximum atomic E-state index is 15.8. The molecule has 2 N–H and O–H groups in total. The predicted octanol–water partition coefficient (Wildman–Crippen LogP) is 7.49. The number of aryl methyl sites for hydroxylation is 1. The molecule has 51 heavy (non-hydrogen) atoms. The number of carbonyl (C=O) groups is 1. The number of rotatable bonds is 4. The topological polar surface area (TPSA) is 137 Å². The molecular weight excluding hydrogens is 654 g/mol. The van der Waals surface area contributed by atoms with Gasteiger partial charge in [-0.1, -0.05) is 63.1 Å². The summed E-state index contributed by atoms with van der Waals surface area (Å²) in [6.07, 6.45) is 8.61. The van der Waals surface area contributed by atoms with E-state index in [4.69, 9.17) is 14.8 Å². The minimum Gasteiger partial charge on any atom is -0.481 e. The highest BCUT2D eigenvalue weighted by molar-refractivity contribution is 5.86. The number of H-pyrrole nitrogens is 1. The van der Waals surface area contributed by atoms with Crippen LogP contribution in [0, 0.1) is 17.6 Å². The lowest BCUT2D eigenvalue weighted by Crippen LogP contribution is -2.26. The SMILES string of the molecule is C[C@H](Cc1cccc([C@@]2(C)CCCCC(C)(C)c3cn(nn3)Cc3c(c(F)c(F)c4[nH]ccc34)Oc3ccnc(c3)-c3nc2nn3C)c1)C(=O)O. The average Bonchev–Trinajstić information content (AvgIpc) is 3.88. The smallest absolute Gasteiger partial charge is 0.306 e. The number of pyridine rings is 1. The molecule has 6 aromatic rings. The van der Waals surface area contributed by atoms with E-state index in [0.717, 1.165) is 42.5 Å². The van der Waals surface area contributed by atoms with Gasteiger partial charge in [-0.05, 0) is 49.4 Å². The lowest BCUT2D eigenvalue weighted by atomic mass is 9.75. The molecule has 4 aromatic heterocycles. The second-order valence-corrected chi connectivity index (χ2v) is 14.4. The first kappa shape index (κ1) is 34.0. The minimum atomic E-state index is -1.12. The van der Waals surface area contributed by atoms with Gasteiger partial charge in [0.25, 0.3) is 0 Å². The molecule has 0 saturated carbocycles. The fourth-order valence-electron chi connectivity index (χ4n) is 6.98. The molecule has 5 heterocycles. The van der Waals surface area contributed by atoms with Gasteiger partial charge in [-0.3, -0.25) is 9.78 Å². The van der Waals surface area contributed by atoms with E-state index in [1.54, 1.807) is 47.7 Å². The number of hydrogen-bond acceptors (Lipinski definition) is 7. The van der Waals surface area contributed by atoms with Crippen LogP contribution in [-0.4, -0.2) is 50.8 Å². The highest BCUT2D eigenvalue weighted by Gasteiger charge is 2.35. The highest BCUT2D eigenvalue weighted by Crippen LogP contribution is 2.40. The van der Waals surface area contributed by atoms with E-state index >= 15 is 8.78 Å². The molecule has 11 nitrogen and oxygen atoms in total. The van der Waals surface area contributed by atoms with E-state index in [2.05, 4.69) is 47.1 Å². The normalized spacial score (nSPS) is 18.3. The second-order valence-electron chi connectivity index (χ2n) is 14.4. The Balaban J connectivity index is 1.36. The number of nitrogens with one attached hydrogen (secondary N) is 1. The summed E-state index contributed by atoms with van der Waals surface area (Å²) in [5.41, 5.74) is 2.62. The third-order valence-electron chi connectivity index (χ3n) is 10.2. The van der Waals surface area contributed by atoms with E-state index in [1.807, 2.05) is 24.4 Å². The predicted molar refractivity (Wildman–Crippen MR) is 187 cm³/mol. The summed E-state index contributed by atoms with van der Waals surface area (Å²) in [7, 11) is 1.79. The van der Waals surface area contributed by atoms with Crippen LogP contribution in [0.1, 0.15) is 81.6 Å². The Bertz CT molecular complexity index is 2260. The maximum Gasteiger partial charge on any atom is 0.306 e. The van der Waals surface area contributed by atoms with Crippen LogP contribution in [0.15, 0.2) is 61.1 Å². The van der Waals surface area contributed by atoms with Crippen LogP contribution in [0.5, 0.6) is 11.5 Å². The molecule has 13 heteroatoms. The monoisotopic (exact) mass is 694 g/mol. The molecule has 0 aliphatic carbocycles. The lowest BCUT2D eigenvalue weighted by molar-refractivity contribution is -0.141. The molecule has 2 aromatic carbocycles. The summed E-state index contributed by atoms with van der Waals surface area (Å²) >= 11 is 0. The number of fused-ring (bicyclic) bond motifs is 10. The second kappa shape index (κ2) is 13.0. The van der Waals surface area contributed by atoms with Gasteiger partial charge in [0.15, 0.2) is 23.2 Å². The van der Waals surface area contributed by atoms with Gasteiger partial charge >= 0.3 is 5.97 Å². The number of ether oxygens (including phenoxy) is 1. The molecule has 6 bridgehead atoms. The van der Waals surface area contributed by atoms with Crippen molar-refractivity contribution < 1.29 is 23.4 Å². The maximum absolute atomic E-state index is 15.8. The third-order valence-corrected chi connectivity index (χ3v) is 10.2. The summed E-state index contributed by atoms with van der Waals surface area (Å²) in [5, 5.41) is 23.8. The first-order chi connectivity index (χ1) is 24.3. The van der Waals surface area contributed by atoms with E-state index in [0.29, 0.717) is 34.7 Å². The Morgan fingerprint density at radius 3 is 2.71 bits per heavy atom. The van der Waals surface area contributed by atoms with Gasteiger partial charge in [0, 0.05) is 48.1 Å². The van der Waals surface area contributed by atoms with Crippen LogP contribution in [0.2, 0.25) is 0 Å². The molecule has 264 valence electrons. The minimum absolute atomic E-state index is 0.0425. The number of carboxylic acids is 1. The Morgan fingerprint density at radius 1 is 1.10 bits per heavy atom. The molecular formula is C38H40F2N8O3. The van der Waals surface area contributed by atoms with Gasteiger partial charge in [0.05, 0.1) is 29.1 Å². The number of carboxylic acid groups (broad SMARTS) is 1. The zero-order valence-electron chi connectivity index (χ0n) is 29.2. The van der Waals surface area contributed by atoms with Crippen molar-refractivity contribution in [3.05, 3.63) is 101 Å². The molecule has 1 aliphatic heterocycles. The van der Waals surface area contributed by atoms with Gasteiger partial charge in [-0.2, -0.15) is 9.49 Å². The Morgan fingerprint density at radius 2 is 1.90 bits per heavy atom. The fraction of sp³-hybridized carbons (Fsp3) is 0.368. The number of benzene rings is 2. The van der Waals surface area contributed by atoms with Crippen LogP contribution in [0.3, 0.4) is 0 Å². The molecule has 0 fully saturated rings. The van der Waals surface area contributed by atoms with Crippen molar-refractivity contribution in [3.8, 4) is 23.0 Å². The van der Waals surface area contributed by atoms with E-state index in [1.165, 1.54) is 6.20 Å². The van der Waals surface area contributed by atoms with Crippen molar-refractivity contribution >= 4 is 16.9 Å². The van der Waals surface area contributed by atoms with Crippen molar-refractivity contribution in [3.63, 3.8) is 0 Å². The van der Waals surface area contributed by atoms with E-state index in [-0.39, 0.29) is 29.0 Å². The Kier molecular flexibility index (Phi) is 8.68. The standard InChI is InChI=1S/C38H40F2N8O3/c1-22(35(49)50)17-23-9-8-10-24(18-23)38(4)14-7-6-13-37(2,3)29-21-48(46-44-29)20-27-26-12-16-42-32(26)30(39)31(40)33(27)51-25-11-15-41-28(19-25)34-43-36(38)45-47(34)5/h8-12,15-16,18-19,21-22,42H,6-7,13-14,17,20H2,1-5H3,(H,49,50)/t22-,38-/m1/s1. The van der Waals surface area contributed by atoms with E-state index in [9.17, 15) is 9.90 Å². The van der Waals surface area contributed by atoms with Gasteiger partial charge in [-0.25, -0.2) is 18.7 Å². The van der Waals surface area contributed by atoms with Crippen LogP contribution in [0.4, 0.5) is 8.78 Å². The summed E-state index contributed by atoms with van der Waals surface area (Å²) in [6, 6.07) is 12.9. The molecule has 0 unspecified atom stereocenters. The number of hydrogen-bond donors (Lipinski definition) is 2. The molecule has 7 rings (SSSR count). The molecule has 0 saturated heterocycles. The first-order valence-corrected chi connectivity index (χ1v) is 17.1. The van der Waals surface area contributed by atoms with Crippen molar-refractivity contribution in [1.82, 2.24) is 39.7 Å². The molecule has 1 aliphatic rings. The van der Waals surface area contributed by atoms with Crippen LogP contribution < -0.4 is 4.74 Å². The summed E-state index contributed by atoms with van der Waals surface area (Å²) in [4.78, 5) is 24.1. The molecule has 0 radical (unpaired) electrons. The molecule has 0 spiro atoms. The summed E-state index contributed by atoms with van der Waals surface area (Å²) in [6.45, 7) is 8.17. The first-order valence-electron chi connectivity index (χ1n) is 17.1. The third kappa shape index (κ3) is 6.36. The van der Waals surface area contributed by atoms with E-state index < -0.39 is 28.9 Å². The summed E-state index contributed by atoms with van der Waals surface area (Å²) < 4.78 is 40.7.